The number of benzene rings is 3. The number of ether oxygens (including phenoxy) is 1. The topological polar surface area (TPSA) is 87.7 Å². The maximum Gasteiger partial charge on any atom is 0.338 e. The van der Waals surface area contributed by atoms with E-state index in [4.69, 9.17) is 4.74 Å². The van der Waals surface area contributed by atoms with Crippen LogP contribution < -0.4 is 10.6 Å². The molecule has 7 heteroatoms. The molecule has 1 aliphatic rings. The first-order valence-electron chi connectivity index (χ1n) is 13.0. The lowest BCUT2D eigenvalue weighted by Crippen LogP contribution is -2.48. The lowest BCUT2D eigenvalue weighted by molar-refractivity contribution is -0.138. The van der Waals surface area contributed by atoms with Crippen molar-refractivity contribution in [2.75, 3.05) is 18.5 Å². The van der Waals surface area contributed by atoms with Crippen molar-refractivity contribution in [3.05, 3.63) is 107 Å². The lowest BCUT2D eigenvalue weighted by Gasteiger charge is -2.36. The van der Waals surface area contributed by atoms with Gasteiger partial charge in [-0.25, -0.2) is 9.59 Å². The van der Waals surface area contributed by atoms with Crippen LogP contribution in [0.5, 0.6) is 0 Å². The summed E-state index contributed by atoms with van der Waals surface area (Å²) >= 11 is 0. The average molecular weight is 512 g/mol. The number of nitrogens with zero attached hydrogens (tertiary/aromatic N) is 1. The Kier molecular flexibility index (Phi) is 8.58. The highest BCUT2D eigenvalue weighted by molar-refractivity contribution is 6.05. The Morgan fingerprint density at radius 3 is 2.21 bits per heavy atom. The Balaban J connectivity index is 1.69. The van der Waals surface area contributed by atoms with E-state index in [9.17, 15) is 14.4 Å². The number of esters is 1. The van der Waals surface area contributed by atoms with Gasteiger partial charge in [0.25, 0.3) is 5.91 Å². The zero-order valence-electron chi connectivity index (χ0n) is 22.0. The van der Waals surface area contributed by atoms with Gasteiger partial charge in [0.15, 0.2) is 0 Å². The van der Waals surface area contributed by atoms with Crippen LogP contribution >= 0.6 is 0 Å². The molecule has 2 N–H and O–H groups in total. The fraction of sp³-hybridized carbons (Fsp3) is 0.258. The van der Waals surface area contributed by atoms with E-state index >= 15 is 0 Å². The fourth-order valence-electron chi connectivity index (χ4n) is 4.53. The molecule has 0 saturated heterocycles. The van der Waals surface area contributed by atoms with Crippen molar-refractivity contribution in [3.8, 4) is 0 Å². The van der Waals surface area contributed by atoms with Gasteiger partial charge < -0.3 is 15.4 Å². The summed E-state index contributed by atoms with van der Waals surface area (Å²) in [6.07, 6.45) is 1.63. The molecule has 38 heavy (non-hydrogen) atoms. The molecule has 3 aromatic rings. The van der Waals surface area contributed by atoms with Crippen molar-refractivity contribution < 1.29 is 19.1 Å². The maximum absolute atomic E-state index is 13.3. The number of carbonyl (C=O) groups excluding carboxylic acids is 3. The molecule has 0 spiro atoms. The van der Waals surface area contributed by atoms with Crippen molar-refractivity contribution in [2.24, 2.45) is 0 Å². The van der Waals surface area contributed by atoms with Crippen LogP contribution in [0.2, 0.25) is 0 Å². The summed E-state index contributed by atoms with van der Waals surface area (Å²) in [5, 5.41) is 5.90. The first-order chi connectivity index (χ1) is 18.5. The van der Waals surface area contributed by atoms with Gasteiger partial charge in [-0.15, -0.1) is 0 Å². The van der Waals surface area contributed by atoms with Gasteiger partial charge in [-0.1, -0.05) is 68.4 Å². The minimum atomic E-state index is -0.712. The first kappa shape index (κ1) is 26.7. The van der Waals surface area contributed by atoms with Gasteiger partial charge in [0.05, 0.1) is 23.9 Å². The quantitative estimate of drug-likeness (QED) is 0.348. The molecule has 3 aromatic carbocycles. The molecule has 1 aliphatic heterocycles. The van der Waals surface area contributed by atoms with Gasteiger partial charge in [0, 0.05) is 17.8 Å². The highest BCUT2D eigenvalue weighted by Gasteiger charge is 2.38. The van der Waals surface area contributed by atoms with E-state index in [1.165, 1.54) is 5.56 Å². The molecule has 4 rings (SSSR count). The fourth-order valence-corrected chi connectivity index (χ4v) is 4.53. The highest BCUT2D eigenvalue weighted by Crippen LogP contribution is 2.37. The normalized spacial score (nSPS) is 15.2. The molecule has 0 radical (unpaired) electrons. The molecule has 7 nitrogen and oxygen atoms in total. The molecule has 1 atom stereocenters. The van der Waals surface area contributed by atoms with Crippen LogP contribution in [0.3, 0.4) is 0 Å². The van der Waals surface area contributed by atoms with Gasteiger partial charge in [-0.3, -0.25) is 9.69 Å². The van der Waals surface area contributed by atoms with Crippen molar-refractivity contribution in [1.29, 1.82) is 0 Å². The van der Waals surface area contributed by atoms with Crippen LogP contribution in [0.25, 0.3) is 5.70 Å². The number of rotatable bonds is 9. The molecule has 3 amide bonds. The Morgan fingerprint density at radius 2 is 1.61 bits per heavy atom. The van der Waals surface area contributed by atoms with Crippen LogP contribution in [-0.4, -0.2) is 36.0 Å². The van der Waals surface area contributed by atoms with Crippen molar-refractivity contribution >= 4 is 29.3 Å². The summed E-state index contributed by atoms with van der Waals surface area (Å²) in [6, 6.07) is 23.1. The van der Waals surface area contributed by atoms with Gasteiger partial charge in [-0.2, -0.15) is 0 Å². The third-order valence-corrected chi connectivity index (χ3v) is 6.44. The smallest absolute Gasteiger partial charge is 0.338 e. The summed E-state index contributed by atoms with van der Waals surface area (Å²) in [5.41, 5.74) is 4.74. The summed E-state index contributed by atoms with van der Waals surface area (Å²) in [6.45, 7) is 6.47. The number of urea groups is 1. The zero-order valence-corrected chi connectivity index (χ0v) is 22.0. The molecular formula is C31H33N3O4. The molecule has 0 aliphatic carbocycles. The van der Waals surface area contributed by atoms with E-state index in [0.29, 0.717) is 34.6 Å². The molecule has 0 bridgehead atoms. The Morgan fingerprint density at radius 1 is 0.921 bits per heavy atom. The van der Waals surface area contributed by atoms with Crippen molar-refractivity contribution in [2.45, 2.75) is 39.7 Å². The predicted molar refractivity (Wildman–Crippen MR) is 148 cm³/mol. The molecule has 1 unspecified atom stereocenters. The Hall–Kier alpha value is -4.39. The number of carbonyl (C=O) groups is 3. The van der Waals surface area contributed by atoms with E-state index < -0.39 is 12.0 Å². The third-order valence-electron chi connectivity index (χ3n) is 6.44. The van der Waals surface area contributed by atoms with E-state index in [0.717, 1.165) is 18.4 Å². The molecule has 0 aromatic heterocycles. The number of anilines is 1. The van der Waals surface area contributed by atoms with E-state index in [1.807, 2.05) is 61.5 Å². The molecule has 0 saturated carbocycles. The van der Waals surface area contributed by atoms with Crippen LogP contribution in [0, 0.1) is 0 Å². The standard InChI is InChI=1S/C31H33N3O4/c1-4-20-34-28(23-10-8-7-9-11-23)26(30(36)38-6-3)27(33-31(34)37)22-16-18-25(19-17-22)32-29(35)24-14-12-21(5-2)13-15-24/h7-19,27H,4-6,20H2,1-3H3,(H,32,35)(H,33,37). The third kappa shape index (κ3) is 5.78. The number of hydrogen-bond donors (Lipinski definition) is 2. The summed E-state index contributed by atoms with van der Waals surface area (Å²) in [4.78, 5) is 40.9. The number of aryl methyl sites for hydroxylation is 1. The summed E-state index contributed by atoms with van der Waals surface area (Å²) in [7, 11) is 0. The van der Waals surface area contributed by atoms with Crippen LogP contribution in [0.1, 0.15) is 60.3 Å². The van der Waals surface area contributed by atoms with Gasteiger partial charge >= 0.3 is 12.0 Å². The minimum absolute atomic E-state index is 0.208. The molecular weight excluding hydrogens is 478 g/mol. The highest BCUT2D eigenvalue weighted by atomic mass is 16.5. The van der Waals surface area contributed by atoms with Gasteiger partial charge in [0.2, 0.25) is 0 Å². The van der Waals surface area contributed by atoms with Crippen molar-refractivity contribution in [1.82, 2.24) is 10.2 Å². The Labute approximate surface area is 223 Å². The SMILES string of the molecule is CCCN1C(=O)NC(c2ccc(NC(=O)c3ccc(CC)cc3)cc2)C(C(=O)OCC)=C1c1ccccc1. The average Bonchev–Trinajstić information content (AvgIpc) is 2.95. The van der Waals surface area contributed by atoms with Crippen LogP contribution in [-0.2, 0) is 16.0 Å². The second-order valence-corrected chi connectivity index (χ2v) is 9.01. The van der Waals surface area contributed by atoms with Gasteiger partial charge in [0.1, 0.15) is 0 Å². The second-order valence-electron chi connectivity index (χ2n) is 9.01. The van der Waals surface area contributed by atoms with Crippen molar-refractivity contribution in [3.63, 3.8) is 0 Å². The number of hydrogen-bond acceptors (Lipinski definition) is 4. The number of nitrogens with one attached hydrogen (secondary N) is 2. The molecule has 0 fully saturated rings. The monoisotopic (exact) mass is 511 g/mol. The van der Waals surface area contributed by atoms with E-state index in [1.54, 1.807) is 36.1 Å². The van der Waals surface area contributed by atoms with Gasteiger partial charge in [-0.05, 0) is 60.7 Å². The van der Waals surface area contributed by atoms with Crippen LogP contribution in [0.15, 0.2) is 84.4 Å². The maximum atomic E-state index is 13.3. The van der Waals surface area contributed by atoms with E-state index in [2.05, 4.69) is 17.6 Å². The Bertz CT molecular complexity index is 1320. The predicted octanol–water partition coefficient (Wildman–Crippen LogP) is 5.95. The van der Waals surface area contributed by atoms with Crippen LogP contribution in [0.4, 0.5) is 10.5 Å². The largest absolute Gasteiger partial charge is 0.463 e. The molecule has 196 valence electrons. The lowest BCUT2D eigenvalue weighted by atomic mass is 9.91. The second kappa shape index (κ2) is 12.2. The summed E-state index contributed by atoms with van der Waals surface area (Å²) in [5.74, 6) is -0.689. The summed E-state index contributed by atoms with van der Waals surface area (Å²) < 4.78 is 5.46. The minimum Gasteiger partial charge on any atom is -0.463 e. The zero-order chi connectivity index (χ0) is 27.1. The molecule has 1 heterocycles. The first-order valence-corrected chi connectivity index (χ1v) is 13.0. The van der Waals surface area contributed by atoms with E-state index in [-0.39, 0.29) is 18.5 Å². The number of amides is 3.